The highest BCUT2D eigenvalue weighted by atomic mass is 16.5. The summed E-state index contributed by atoms with van der Waals surface area (Å²) in [5.41, 5.74) is 5.13. The zero-order valence-corrected chi connectivity index (χ0v) is 15.0. The molecule has 0 unspecified atom stereocenters. The molecule has 0 aliphatic heterocycles. The van der Waals surface area contributed by atoms with Crippen molar-refractivity contribution in [2.24, 2.45) is 0 Å². The van der Waals surface area contributed by atoms with Gasteiger partial charge in [-0.1, -0.05) is 0 Å². The van der Waals surface area contributed by atoms with Crippen LogP contribution in [0.15, 0.2) is 12.3 Å². The topological polar surface area (TPSA) is 146 Å². The molecule has 1 heterocycles. The molecule has 0 fully saturated rings. The maximum absolute atomic E-state index is 12.2. The first kappa shape index (κ1) is 19.5. The number of nitriles is 1. The Morgan fingerprint density at radius 2 is 1.78 bits per heavy atom. The van der Waals surface area contributed by atoms with Crippen molar-refractivity contribution in [1.82, 2.24) is 4.57 Å². The zero-order valence-electron chi connectivity index (χ0n) is 15.0. The van der Waals surface area contributed by atoms with Gasteiger partial charge in [0.2, 0.25) is 5.75 Å². The highest BCUT2D eigenvalue weighted by molar-refractivity contribution is 5.99. The van der Waals surface area contributed by atoms with Crippen LogP contribution in [0.25, 0.3) is 5.69 Å². The molecule has 1 aromatic heterocycles. The number of aromatic nitrogens is 1. The fraction of sp³-hybridized carbons (Fsp3) is 0.235. The fourth-order valence-electron chi connectivity index (χ4n) is 2.63. The van der Waals surface area contributed by atoms with Crippen LogP contribution in [0.1, 0.15) is 26.4 Å². The van der Waals surface area contributed by atoms with Crippen molar-refractivity contribution >= 4 is 17.6 Å². The summed E-state index contributed by atoms with van der Waals surface area (Å²) in [7, 11) is 5.11. The Labute approximate surface area is 154 Å². The number of nitrogens with zero attached hydrogens (tertiary/aromatic N) is 2. The largest absolute Gasteiger partial charge is 0.493 e. The number of carbonyl (C=O) groups is 2. The summed E-state index contributed by atoms with van der Waals surface area (Å²) in [6.45, 7) is 0. The Hall–Kier alpha value is -3.87. The lowest BCUT2D eigenvalue weighted by Crippen LogP contribution is -2.15. The Kier molecular flexibility index (Phi) is 5.45. The summed E-state index contributed by atoms with van der Waals surface area (Å²) in [6, 6.07) is 3.05. The molecule has 1 aromatic carbocycles. The van der Waals surface area contributed by atoms with Gasteiger partial charge >= 0.3 is 11.9 Å². The van der Waals surface area contributed by atoms with Crippen LogP contribution in [0, 0.1) is 11.3 Å². The molecule has 0 bridgehead atoms. The molecule has 142 valence electrons. The minimum Gasteiger partial charge on any atom is -0.493 e. The van der Waals surface area contributed by atoms with E-state index in [1.54, 1.807) is 0 Å². The van der Waals surface area contributed by atoms with Crippen molar-refractivity contribution in [3.63, 3.8) is 0 Å². The van der Waals surface area contributed by atoms with Gasteiger partial charge < -0.3 is 34.4 Å². The van der Waals surface area contributed by atoms with E-state index in [2.05, 4.69) is 0 Å². The predicted molar refractivity (Wildman–Crippen MR) is 92.9 cm³/mol. The molecule has 2 rings (SSSR count). The van der Waals surface area contributed by atoms with E-state index in [1.807, 2.05) is 6.07 Å². The van der Waals surface area contributed by atoms with Crippen molar-refractivity contribution < 1.29 is 33.6 Å². The predicted octanol–water partition coefficient (Wildman–Crippen LogP) is 1.44. The Morgan fingerprint density at radius 1 is 1.15 bits per heavy atom. The number of anilines is 1. The third kappa shape index (κ3) is 3.06. The van der Waals surface area contributed by atoms with Gasteiger partial charge in [0.1, 0.15) is 11.8 Å². The zero-order chi connectivity index (χ0) is 20.3. The molecular weight excluding hydrogens is 358 g/mol. The lowest BCUT2D eigenvalue weighted by molar-refractivity contribution is 0.0590. The fourth-order valence-corrected chi connectivity index (χ4v) is 2.63. The van der Waals surface area contributed by atoms with Gasteiger partial charge in [0.05, 0.1) is 45.3 Å². The number of ether oxygens (including phenoxy) is 4. The summed E-state index contributed by atoms with van der Waals surface area (Å²) in [6.07, 6.45) is 1.22. The average molecular weight is 375 g/mol. The minimum absolute atomic E-state index is 0.0288. The smallest absolute Gasteiger partial charge is 0.357 e. The first-order valence-corrected chi connectivity index (χ1v) is 7.42. The first-order valence-electron chi connectivity index (χ1n) is 7.42. The minimum atomic E-state index is -1.33. The Morgan fingerprint density at radius 3 is 2.22 bits per heavy atom. The number of carboxylic acids is 1. The van der Waals surface area contributed by atoms with Crippen LogP contribution in [0.2, 0.25) is 0 Å². The number of hydrogen-bond donors (Lipinski definition) is 2. The van der Waals surface area contributed by atoms with E-state index in [1.165, 1.54) is 33.6 Å². The molecular formula is C17H17N3O7. The van der Waals surface area contributed by atoms with E-state index in [0.29, 0.717) is 0 Å². The lowest BCUT2D eigenvalue weighted by Gasteiger charge is -2.19. The van der Waals surface area contributed by atoms with Crippen LogP contribution >= 0.6 is 0 Å². The standard InChI is InChI=1S/C17H17N3O7/c1-24-10-5-9(16(21)22)12(15(26-3)14(10)25-2)20-7-8(6-18)11(19)13(20)17(23)27-4/h5,7H,19H2,1-4H3,(H,21,22). The molecule has 27 heavy (non-hydrogen) atoms. The van der Waals surface area contributed by atoms with E-state index in [9.17, 15) is 20.0 Å². The number of nitrogens with two attached hydrogens (primary N) is 1. The maximum Gasteiger partial charge on any atom is 0.357 e. The van der Waals surface area contributed by atoms with Crippen molar-refractivity contribution in [3.05, 3.63) is 29.1 Å². The molecule has 0 aliphatic carbocycles. The number of aromatic carboxylic acids is 1. The number of methoxy groups -OCH3 is 4. The molecule has 0 atom stereocenters. The van der Waals surface area contributed by atoms with Crippen molar-refractivity contribution in [3.8, 4) is 29.0 Å². The number of esters is 1. The molecule has 3 N–H and O–H groups in total. The molecule has 10 nitrogen and oxygen atoms in total. The van der Waals surface area contributed by atoms with E-state index in [0.717, 1.165) is 11.7 Å². The number of nitrogen functional groups attached to an aromatic ring is 1. The summed E-state index contributed by atoms with van der Waals surface area (Å²) >= 11 is 0. The molecule has 0 saturated carbocycles. The molecule has 0 aliphatic rings. The van der Waals surface area contributed by atoms with E-state index in [4.69, 9.17) is 24.7 Å². The molecule has 10 heteroatoms. The van der Waals surface area contributed by atoms with Crippen LogP contribution in [0.5, 0.6) is 17.2 Å². The van der Waals surface area contributed by atoms with Gasteiger partial charge in [0.25, 0.3) is 0 Å². The molecule has 0 amide bonds. The summed E-state index contributed by atoms with van der Waals surface area (Å²) in [4.78, 5) is 24.1. The van der Waals surface area contributed by atoms with Crippen LogP contribution in [-0.2, 0) is 4.74 Å². The number of benzene rings is 1. The third-order valence-electron chi connectivity index (χ3n) is 3.82. The third-order valence-corrected chi connectivity index (χ3v) is 3.82. The van der Waals surface area contributed by atoms with Gasteiger partial charge in [-0.2, -0.15) is 5.26 Å². The van der Waals surface area contributed by atoms with E-state index in [-0.39, 0.29) is 45.4 Å². The normalized spacial score (nSPS) is 10.0. The molecule has 0 spiro atoms. The van der Waals surface area contributed by atoms with E-state index < -0.39 is 11.9 Å². The quantitative estimate of drug-likeness (QED) is 0.716. The lowest BCUT2D eigenvalue weighted by atomic mass is 10.1. The van der Waals surface area contributed by atoms with Crippen LogP contribution < -0.4 is 19.9 Å². The molecule has 0 radical (unpaired) electrons. The second-order valence-electron chi connectivity index (χ2n) is 5.13. The van der Waals surface area contributed by atoms with Gasteiger partial charge in [-0.05, 0) is 0 Å². The second kappa shape index (κ2) is 7.57. The van der Waals surface area contributed by atoms with Gasteiger partial charge in [-0.25, -0.2) is 9.59 Å². The van der Waals surface area contributed by atoms with Gasteiger partial charge in [-0.3, -0.25) is 0 Å². The maximum atomic E-state index is 12.2. The van der Waals surface area contributed by atoms with Gasteiger partial charge in [0.15, 0.2) is 17.2 Å². The Balaban J connectivity index is 3.05. The Bertz CT molecular complexity index is 957. The highest BCUT2D eigenvalue weighted by Crippen LogP contribution is 2.45. The van der Waals surface area contributed by atoms with Gasteiger partial charge in [-0.15, -0.1) is 0 Å². The van der Waals surface area contributed by atoms with Crippen molar-refractivity contribution in [2.45, 2.75) is 0 Å². The van der Waals surface area contributed by atoms with Crippen LogP contribution in [0.3, 0.4) is 0 Å². The summed E-state index contributed by atoms with van der Waals surface area (Å²) in [5.74, 6) is -2.01. The monoisotopic (exact) mass is 375 g/mol. The number of rotatable bonds is 6. The number of hydrogen-bond acceptors (Lipinski definition) is 8. The number of carbonyl (C=O) groups excluding carboxylic acids is 1. The summed E-state index contributed by atoms with van der Waals surface area (Å²) in [5, 5.41) is 18.9. The molecule has 0 saturated heterocycles. The highest BCUT2D eigenvalue weighted by Gasteiger charge is 2.30. The SMILES string of the molecule is COC(=O)c1c(N)c(C#N)cn1-c1c(C(=O)O)cc(OC)c(OC)c1OC. The van der Waals surface area contributed by atoms with Crippen molar-refractivity contribution in [2.75, 3.05) is 34.2 Å². The van der Waals surface area contributed by atoms with Crippen molar-refractivity contribution in [1.29, 1.82) is 5.26 Å². The molecule has 2 aromatic rings. The number of carboxylic acid groups (broad SMARTS) is 1. The van der Waals surface area contributed by atoms with E-state index >= 15 is 0 Å². The second-order valence-corrected chi connectivity index (χ2v) is 5.13. The van der Waals surface area contributed by atoms with Gasteiger partial charge in [0, 0.05) is 12.3 Å². The van der Waals surface area contributed by atoms with Crippen LogP contribution in [0.4, 0.5) is 5.69 Å². The first-order chi connectivity index (χ1) is 12.9. The van der Waals surface area contributed by atoms with Crippen LogP contribution in [-0.4, -0.2) is 50.1 Å². The average Bonchev–Trinajstić information content (AvgIpc) is 3.01. The summed E-state index contributed by atoms with van der Waals surface area (Å²) < 4.78 is 21.6.